The summed E-state index contributed by atoms with van der Waals surface area (Å²) in [6.45, 7) is 2.48. The van der Waals surface area contributed by atoms with Crippen molar-refractivity contribution in [1.29, 1.82) is 0 Å². The molecular weight excluding hydrogens is 262 g/mol. The first-order chi connectivity index (χ1) is 9.40. The number of likely N-dealkylation sites (tertiary alicyclic amines) is 1. The molecule has 1 aliphatic heterocycles. The molecule has 0 aromatic heterocycles. The van der Waals surface area contributed by atoms with Gasteiger partial charge < -0.3 is 20.2 Å². The zero-order valence-electron chi connectivity index (χ0n) is 11.2. The Hall–Kier alpha value is -2.24. The van der Waals surface area contributed by atoms with Gasteiger partial charge in [0.1, 0.15) is 5.78 Å². The lowest BCUT2D eigenvalue weighted by molar-refractivity contribution is -0.121. The molecule has 3 N–H and O–H groups in total. The Balaban J connectivity index is 2.11. The molecule has 1 heterocycles. The van der Waals surface area contributed by atoms with Crippen LogP contribution in [0.15, 0.2) is 12.1 Å². The summed E-state index contributed by atoms with van der Waals surface area (Å²) in [6, 6.07) is 2.24. The third-order valence-electron chi connectivity index (χ3n) is 3.67. The summed E-state index contributed by atoms with van der Waals surface area (Å²) in [5.74, 6) is -1.91. The monoisotopic (exact) mass is 279 g/mol. The molecule has 0 atom stereocenters. The molecule has 0 unspecified atom stereocenters. The van der Waals surface area contributed by atoms with Gasteiger partial charge in [-0.1, -0.05) is 0 Å². The number of aromatic hydroxyl groups is 3. The van der Waals surface area contributed by atoms with Gasteiger partial charge in [0.25, 0.3) is 5.91 Å². The second kappa shape index (κ2) is 5.40. The molecule has 0 saturated carbocycles. The highest BCUT2D eigenvalue weighted by molar-refractivity contribution is 5.95. The smallest absolute Gasteiger partial charge is 0.254 e. The number of piperidine rings is 1. The zero-order valence-corrected chi connectivity index (χ0v) is 11.2. The molecule has 0 spiro atoms. The summed E-state index contributed by atoms with van der Waals surface area (Å²) in [7, 11) is 0. The maximum absolute atomic E-state index is 12.2. The number of carbonyl (C=O) groups is 2. The van der Waals surface area contributed by atoms with E-state index in [0.717, 1.165) is 12.1 Å². The van der Waals surface area contributed by atoms with Crippen molar-refractivity contribution in [2.75, 3.05) is 13.1 Å². The van der Waals surface area contributed by atoms with Crippen LogP contribution in [-0.2, 0) is 4.79 Å². The molecule has 0 radical (unpaired) electrons. The Bertz CT molecular complexity index is 523. The van der Waals surface area contributed by atoms with Gasteiger partial charge in [0.2, 0.25) is 0 Å². The van der Waals surface area contributed by atoms with E-state index in [0.29, 0.717) is 25.9 Å². The second-order valence-electron chi connectivity index (χ2n) is 5.04. The van der Waals surface area contributed by atoms with Crippen LogP contribution in [0, 0.1) is 5.92 Å². The number of hydrogen-bond donors (Lipinski definition) is 3. The van der Waals surface area contributed by atoms with Crippen LogP contribution in [0.4, 0.5) is 0 Å². The minimum absolute atomic E-state index is 0.000623. The summed E-state index contributed by atoms with van der Waals surface area (Å²) < 4.78 is 0. The van der Waals surface area contributed by atoms with E-state index in [2.05, 4.69) is 0 Å². The number of carbonyl (C=O) groups excluding carboxylic acids is 2. The number of phenols is 3. The third kappa shape index (κ3) is 2.68. The highest BCUT2D eigenvalue weighted by Crippen LogP contribution is 2.36. The van der Waals surface area contributed by atoms with Crippen LogP contribution in [0.2, 0.25) is 0 Å². The van der Waals surface area contributed by atoms with Crippen molar-refractivity contribution >= 4 is 11.7 Å². The number of phenolic OH excluding ortho intramolecular Hbond substituents is 3. The molecule has 1 fully saturated rings. The summed E-state index contributed by atoms with van der Waals surface area (Å²) in [4.78, 5) is 25.1. The van der Waals surface area contributed by atoms with Gasteiger partial charge >= 0.3 is 0 Å². The van der Waals surface area contributed by atoms with Gasteiger partial charge in [-0.05, 0) is 31.9 Å². The molecule has 6 nitrogen and oxygen atoms in total. The lowest BCUT2D eigenvalue weighted by Crippen LogP contribution is -2.39. The van der Waals surface area contributed by atoms with E-state index < -0.39 is 17.2 Å². The first-order valence-corrected chi connectivity index (χ1v) is 6.45. The number of ketones is 1. The fourth-order valence-corrected chi connectivity index (χ4v) is 2.40. The molecule has 1 amide bonds. The summed E-state index contributed by atoms with van der Waals surface area (Å²) in [5, 5.41) is 28.1. The van der Waals surface area contributed by atoms with Gasteiger partial charge in [-0.25, -0.2) is 0 Å². The van der Waals surface area contributed by atoms with E-state index in [1.165, 1.54) is 0 Å². The SMILES string of the molecule is CC(=O)C1CCN(C(=O)c2cc(O)c(O)c(O)c2)CC1. The number of nitrogens with zero attached hydrogens (tertiary/aromatic N) is 1. The zero-order chi connectivity index (χ0) is 14.9. The van der Waals surface area contributed by atoms with Crippen molar-refractivity contribution in [3.8, 4) is 17.2 Å². The van der Waals surface area contributed by atoms with Gasteiger partial charge in [-0.15, -0.1) is 0 Å². The summed E-state index contributed by atoms with van der Waals surface area (Å²) in [6.07, 6.45) is 1.24. The fourth-order valence-electron chi connectivity index (χ4n) is 2.40. The molecule has 0 aliphatic carbocycles. The summed E-state index contributed by atoms with van der Waals surface area (Å²) in [5.41, 5.74) is 0.110. The van der Waals surface area contributed by atoms with E-state index in [1.54, 1.807) is 11.8 Å². The minimum Gasteiger partial charge on any atom is -0.504 e. The van der Waals surface area contributed by atoms with Crippen LogP contribution in [0.1, 0.15) is 30.1 Å². The largest absolute Gasteiger partial charge is 0.504 e. The Labute approximate surface area is 116 Å². The van der Waals surface area contributed by atoms with Crippen LogP contribution in [0.25, 0.3) is 0 Å². The lowest BCUT2D eigenvalue weighted by atomic mass is 9.93. The van der Waals surface area contributed by atoms with E-state index in [-0.39, 0.29) is 23.2 Å². The highest BCUT2D eigenvalue weighted by atomic mass is 16.3. The van der Waals surface area contributed by atoms with Crippen LogP contribution in [0.3, 0.4) is 0 Å². The third-order valence-corrected chi connectivity index (χ3v) is 3.67. The number of Topliss-reactive ketones (excluding diaryl/α,β-unsaturated/α-hetero) is 1. The van der Waals surface area contributed by atoms with E-state index in [4.69, 9.17) is 0 Å². The highest BCUT2D eigenvalue weighted by Gasteiger charge is 2.26. The van der Waals surface area contributed by atoms with Crippen molar-refractivity contribution in [3.63, 3.8) is 0 Å². The average molecular weight is 279 g/mol. The van der Waals surface area contributed by atoms with E-state index >= 15 is 0 Å². The van der Waals surface area contributed by atoms with Gasteiger partial charge in [0.15, 0.2) is 17.2 Å². The van der Waals surface area contributed by atoms with Crippen LogP contribution in [-0.4, -0.2) is 45.0 Å². The lowest BCUT2D eigenvalue weighted by Gasteiger charge is -2.31. The van der Waals surface area contributed by atoms with E-state index in [1.807, 2.05) is 0 Å². The molecule has 1 saturated heterocycles. The predicted octanol–water partition coefficient (Wildman–Crippen LogP) is 1.24. The minimum atomic E-state index is -0.642. The van der Waals surface area contributed by atoms with E-state index in [9.17, 15) is 24.9 Å². The Morgan fingerprint density at radius 3 is 2.05 bits per heavy atom. The molecule has 1 aliphatic rings. The van der Waals surface area contributed by atoms with Crippen LogP contribution in [0.5, 0.6) is 17.2 Å². The number of rotatable bonds is 2. The topological polar surface area (TPSA) is 98.1 Å². The van der Waals surface area contributed by atoms with Gasteiger partial charge in [0.05, 0.1) is 0 Å². The Morgan fingerprint density at radius 2 is 1.60 bits per heavy atom. The Kier molecular flexibility index (Phi) is 3.83. The quantitative estimate of drug-likeness (QED) is 0.708. The summed E-state index contributed by atoms with van der Waals surface area (Å²) >= 11 is 0. The van der Waals surface area contributed by atoms with Crippen molar-refractivity contribution in [2.45, 2.75) is 19.8 Å². The number of amides is 1. The maximum Gasteiger partial charge on any atom is 0.254 e. The van der Waals surface area contributed by atoms with Gasteiger partial charge in [0, 0.05) is 24.6 Å². The van der Waals surface area contributed by atoms with Gasteiger partial charge in [-0.3, -0.25) is 9.59 Å². The molecule has 0 bridgehead atoms. The molecule has 2 rings (SSSR count). The number of hydrogen-bond acceptors (Lipinski definition) is 5. The molecule has 1 aromatic carbocycles. The van der Waals surface area contributed by atoms with Crippen LogP contribution >= 0.6 is 0 Å². The maximum atomic E-state index is 12.2. The first-order valence-electron chi connectivity index (χ1n) is 6.45. The number of benzene rings is 1. The van der Waals surface area contributed by atoms with Crippen LogP contribution < -0.4 is 0 Å². The normalized spacial score (nSPS) is 16.1. The fraction of sp³-hybridized carbons (Fsp3) is 0.429. The molecule has 6 heteroatoms. The Morgan fingerprint density at radius 1 is 1.10 bits per heavy atom. The van der Waals surface area contributed by atoms with Crippen molar-refractivity contribution in [1.82, 2.24) is 4.90 Å². The van der Waals surface area contributed by atoms with Crippen molar-refractivity contribution in [2.24, 2.45) is 5.92 Å². The first kappa shape index (κ1) is 14.2. The van der Waals surface area contributed by atoms with Crippen molar-refractivity contribution < 1.29 is 24.9 Å². The standard InChI is InChI=1S/C14H17NO5/c1-8(16)9-2-4-15(5-3-9)14(20)10-6-11(17)13(19)12(18)7-10/h6-7,9,17-19H,2-5H2,1H3. The molecule has 108 valence electrons. The molecule has 20 heavy (non-hydrogen) atoms. The van der Waals surface area contributed by atoms with Crippen molar-refractivity contribution in [3.05, 3.63) is 17.7 Å². The second-order valence-corrected chi connectivity index (χ2v) is 5.04. The average Bonchev–Trinajstić information content (AvgIpc) is 2.43. The molecule has 1 aromatic rings. The predicted molar refractivity (Wildman–Crippen MR) is 70.7 cm³/mol. The van der Waals surface area contributed by atoms with Gasteiger partial charge in [-0.2, -0.15) is 0 Å². The molecular formula is C14H17NO5.